The third-order valence-corrected chi connectivity index (χ3v) is 7.53. The summed E-state index contributed by atoms with van der Waals surface area (Å²) in [4.78, 5) is 28.4. The summed E-state index contributed by atoms with van der Waals surface area (Å²) in [5, 5.41) is 7.93. The molecule has 6 nitrogen and oxygen atoms in total. The van der Waals surface area contributed by atoms with E-state index >= 15 is 0 Å². The van der Waals surface area contributed by atoms with Crippen LogP contribution in [0.1, 0.15) is 76.1 Å². The van der Waals surface area contributed by atoms with Crippen molar-refractivity contribution >= 4 is 17.6 Å². The molecule has 2 amide bonds. The predicted molar refractivity (Wildman–Crippen MR) is 154 cm³/mol. The zero-order chi connectivity index (χ0) is 27.1. The summed E-state index contributed by atoms with van der Waals surface area (Å²) in [5.41, 5.74) is 3.87. The lowest BCUT2D eigenvalue weighted by Crippen LogP contribution is -2.39. The number of benzene rings is 2. The fraction of sp³-hybridized carbons (Fsp3) is 0.469. The molecule has 0 aliphatic heterocycles. The zero-order valence-electron chi connectivity index (χ0n) is 23.4. The van der Waals surface area contributed by atoms with Crippen LogP contribution in [0.4, 0.5) is 5.82 Å². The average molecular weight is 515 g/mol. The molecule has 2 aromatic carbocycles. The molecule has 1 aliphatic rings. The highest BCUT2D eigenvalue weighted by Gasteiger charge is 2.24. The molecule has 38 heavy (non-hydrogen) atoms. The summed E-state index contributed by atoms with van der Waals surface area (Å²) in [6.45, 7) is 8.91. The largest absolute Gasteiger partial charge is 0.333 e. The molecule has 1 fully saturated rings. The van der Waals surface area contributed by atoms with Gasteiger partial charge < -0.3 is 10.2 Å². The van der Waals surface area contributed by atoms with Crippen LogP contribution in [-0.4, -0.2) is 39.6 Å². The summed E-state index contributed by atoms with van der Waals surface area (Å²) in [5.74, 6) is 1.12. The Hall–Kier alpha value is -3.41. The number of nitrogens with zero attached hydrogens (tertiary/aromatic N) is 3. The van der Waals surface area contributed by atoms with Crippen LogP contribution in [0.2, 0.25) is 0 Å². The lowest BCUT2D eigenvalue weighted by molar-refractivity contribution is -0.134. The first-order valence-electron chi connectivity index (χ1n) is 14.0. The van der Waals surface area contributed by atoms with E-state index in [1.54, 1.807) is 4.90 Å². The first-order chi connectivity index (χ1) is 18.2. The predicted octanol–water partition coefficient (Wildman–Crippen LogP) is 6.46. The van der Waals surface area contributed by atoms with Crippen LogP contribution in [-0.2, 0) is 21.4 Å². The summed E-state index contributed by atoms with van der Waals surface area (Å²) < 4.78 is 1.81. The van der Waals surface area contributed by atoms with Crippen molar-refractivity contribution in [1.29, 1.82) is 0 Å². The second-order valence-corrected chi connectivity index (χ2v) is 11.7. The molecule has 0 atom stereocenters. The molecular weight excluding hydrogens is 472 g/mol. The van der Waals surface area contributed by atoms with E-state index in [-0.39, 0.29) is 23.8 Å². The van der Waals surface area contributed by atoms with Gasteiger partial charge in [-0.3, -0.25) is 9.59 Å². The third kappa shape index (κ3) is 7.33. The quantitative estimate of drug-likeness (QED) is 0.338. The third-order valence-electron chi connectivity index (χ3n) is 7.53. The standard InChI is InChI=1S/C32H42N4O2/c1-24-12-8-11-17-27(24)36-29(22-28(34-36)32(2,3)4)33-30(37)23-35(21-20-26-13-6-5-7-14-26)31(38)19-18-25-15-9-10-16-25/h5-8,11-14,17,22,25H,9-10,15-16,18-21,23H2,1-4H3,(H,33,37). The second kappa shape index (κ2) is 12.4. The minimum atomic E-state index is -0.206. The first kappa shape index (κ1) is 27.6. The highest BCUT2D eigenvalue weighted by atomic mass is 16.2. The highest BCUT2D eigenvalue weighted by molar-refractivity contribution is 5.94. The molecule has 202 valence electrons. The Bertz CT molecular complexity index is 1220. The van der Waals surface area contributed by atoms with Gasteiger partial charge in [0.1, 0.15) is 5.82 Å². The van der Waals surface area contributed by atoms with Gasteiger partial charge in [-0.15, -0.1) is 0 Å². The van der Waals surface area contributed by atoms with E-state index < -0.39 is 0 Å². The number of aromatic nitrogens is 2. The van der Waals surface area contributed by atoms with Crippen molar-refractivity contribution < 1.29 is 9.59 Å². The number of hydrogen-bond donors (Lipinski definition) is 1. The number of amides is 2. The van der Waals surface area contributed by atoms with Crippen LogP contribution in [0.5, 0.6) is 0 Å². The molecule has 1 saturated carbocycles. The average Bonchev–Trinajstić information content (AvgIpc) is 3.56. The molecule has 1 N–H and O–H groups in total. The van der Waals surface area contributed by atoms with Crippen LogP contribution in [0.3, 0.4) is 0 Å². The zero-order valence-corrected chi connectivity index (χ0v) is 23.4. The Morgan fingerprint density at radius 1 is 1.03 bits per heavy atom. The molecule has 3 aromatic rings. The Morgan fingerprint density at radius 3 is 2.39 bits per heavy atom. The van der Waals surface area contributed by atoms with Crippen molar-refractivity contribution in [3.05, 3.63) is 77.5 Å². The van der Waals surface area contributed by atoms with Crippen LogP contribution in [0.25, 0.3) is 5.69 Å². The molecule has 4 rings (SSSR count). The number of anilines is 1. The maximum absolute atomic E-state index is 13.4. The van der Waals surface area contributed by atoms with Gasteiger partial charge in [-0.1, -0.05) is 95.0 Å². The summed E-state index contributed by atoms with van der Waals surface area (Å²) in [6, 6.07) is 20.1. The van der Waals surface area contributed by atoms with Gasteiger partial charge in [-0.05, 0) is 42.9 Å². The fourth-order valence-electron chi connectivity index (χ4n) is 5.16. The number of rotatable bonds is 10. The lowest BCUT2D eigenvalue weighted by atomic mass is 9.92. The van der Waals surface area contributed by atoms with Gasteiger partial charge in [0, 0.05) is 24.4 Å². The second-order valence-electron chi connectivity index (χ2n) is 11.7. The van der Waals surface area contributed by atoms with Gasteiger partial charge in [0.2, 0.25) is 11.8 Å². The van der Waals surface area contributed by atoms with Gasteiger partial charge in [0.25, 0.3) is 0 Å². The van der Waals surface area contributed by atoms with Crippen molar-refractivity contribution in [3.8, 4) is 5.69 Å². The van der Waals surface area contributed by atoms with Crippen molar-refractivity contribution in [2.24, 2.45) is 5.92 Å². The van der Waals surface area contributed by atoms with E-state index in [2.05, 4.69) is 38.2 Å². The molecule has 1 aromatic heterocycles. The number of nitrogens with one attached hydrogen (secondary N) is 1. The summed E-state index contributed by atoms with van der Waals surface area (Å²) >= 11 is 0. The summed E-state index contributed by atoms with van der Waals surface area (Å²) in [7, 11) is 0. The lowest BCUT2D eigenvalue weighted by Gasteiger charge is -2.23. The van der Waals surface area contributed by atoms with Crippen LogP contribution in [0, 0.1) is 12.8 Å². The van der Waals surface area contributed by atoms with Crippen LogP contribution in [0.15, 0.2) is 60.7 Å². The van der Waals surface area contributed by atoms with Gasteiger partial charge in [0.05, 0.1) is 17.9 Å². The Balaban J connectivity index is 1.50. The number of carbonyl (C=O) groups excluding carboxylic acids is 2. The normalized spacial score (nSPS) is 14.0. The topological polar surface area (TPSA) is 67.2 Å². The van der Waals surface area contributed by atoms with E-state index in [1.165, 1.54) is 25.7 Å². The van der Waals surface area contributed by atoms with Crippen LogP contribution < -0.4 is 5.32 Å². The molecule has 0 saturated heterocycles. The maximum atomic E-state index is 13.4. The maximum Gasteiger partial charge on any atom is 0.245 e. The van der Waals surface area contributed by atoms with E-state index in [9.17, 15) is 9.59 Å². The molecule has 0 bridgehead atoms. The van der Waals surface area contributed by atoms with Crippen molar-refractivity contribution in [2.75, 3.05) is 18.4 Å². The monoisotopic (exact) mass is 514 g/mol. The van der Waals surface area contributed by atoms with Crippen molar-refractivity contribution in [1.82, 2.24) is 14.7 Å². The molecule has 1 heterocycles. The Morgan fingerprint density at radius 2 is 1.71 bits per heavy atom. The van der Waals surface area contributed by atoms with Gasteiger partial charge in [-0.25, -0.2) is 4.68 Å². The van der Waals surface area contributed by atoms with Gasteiger partial charge >= 0.3 is 0 Å². The van der Waals surface area contributed by atoms with Crippen molar-refractivity contribution in [3.63, 3.8) is 0 Å². The van der Waals surface area contributed by atoms with E-state index in [0.29, 0.717) is 24.7 Å². The molecule has 0 unspecified atom stereocenters. The van der Waals surface area contributed by atoms with Crippen LogP contribution >= 0.6 is 0 Å². The first-order valence-corrected chi connectivity index (χ1v) is 14.0. The molecule has 0 radical (unpaired) electrons. The number of aryl methyl sites for hydroxylation is 1. The number of carbonyl (C=O) groups is 2. The SMILES string of the molecule is Cc1ccccc1-n1nc(C(C)(C)C)cc1NC(=O)CN(CCc1ccccc1)C(=O)CCC1CCCC1. The molecule has 0 spiro atoms. The van der Waals surface area contributed by atoms with Gasteiger partial charge in [0.15, 0.2) is 0 Å². The Kier molecular flexibility index (Phi) is 9.03. The van der Waals surface area contributed by atoms with Gasteiger partial charge in [-0.2, -0.15) is 5.10 Å². The highest BCUT2D eigenvalue weighted by Crippen LogP contribution is 2.29. The van der Waals surface area contributed by atoms with E-state index in [4.69, 9.17) is 5.10 Å². The number of hydrogen-bond acceptors (Lipinski definition) is 3. The summed E-state index contributed by atoms with van der Waals surface area (Å²) in [6.07, 6.45) is 7.11. The number of para-hydroxylation sites is 1. The minimum Gasteiger partial charge on any atom is -0.333 e. The van der Waals surface area contributed by atoms with E-state index in [1.807, 2.05) is 60.1 Å². The smallest absolute Gasteiger partial charge is 0.245 e. The molecular formula is C32H42N4O2. The Labute approximate surface area is 227 Å². The minimum absolute atomic E-state index is 0.0279. The van der Waals surface area contributed by atoms with Crippen molar-refractivity contribution in [2.45, 2.75) is 78.1 Å². The fourth-order valence-corrected chi connectivity index (χ4v) is 5.16. The molecule has 6 heteroatoms. The molecule has 1 aliphatic carbocycles. The van der Waals surface area contributed by atoms with E-state index in [0.717, 1.165) is 35.3 Å².